The summed E-state index contributed by atoms with van der Waals surface area (Å²) in [4.78, 5) is 39.2. The van der Waals surface area contributed by atoms with Gasteiger partial charge in [-0.05, 0) is 55.8 Å². The first-order valence-corrected chi connectivity index (χ1v) is 10.7. The van der Waals surface area contributed by atoms with Crippen LogP contribution in [0.15, 0.2) is 36.4 Å². The van der Waals surface area contributed by atoms with Gasteiger partial charge in [-0.3, -0.25) is 14.4 Å². The van der Waals surface area contributed by atoms with Gasteiger partial charge in [-0.1, -0.05) is 11.6 Å². The SMILES string of the molecule is NCCC[C@@H](NC(=O)c1ccc(Cl)s1)C(=O)Nc1ccc(N2CCOCC2=O)cc1. The molecule has 3 amide bonds. The average molecular weight is 451 g/mol. The quantitative estimate of drug-likeness (QED) is 0.570. The minimum Gasteiger partial charge on any atom is -0.370 e. The first-order valence-electron chi connectivity index (χ1n) is 9.53. The molecule has 2 aromatic rings. The second-order valence-electron chi connectivity index (χ2n) is 6.69. The van der Waals surface area contributed by atoms with E-state index in [1.165, 1.54) is 0 Å². The fraction of sp³-hybridized carbons (Fsp3) is 0.350. The number of hydrogen-bond acceptors (Lipinski definition) is 6. The van der Waals surface area contributed by atoms with Crippen molar-refractivity contribution in [3.63, 3.8) is 0 Å². The first-order chi connectivity index (χ1) is 14.5. The van der Waals surface area contributed by atoms with Crippen molar-refractivity contribution in [3.8, 4) is 0 Å². The highest BCUT2D eigenvalue weighted by Gasteiger charge is 2.23. The molecule has 0 saturated carbocycles. The maximum atomic E-state index is 12.8. The number of nitrogens with zero attached hydrogens (tertiary/aromatic N) is 1. The summed E-state index contributed by atoms with van der Waals surface area (Å²) < 4.78 is 5.64. The van der Waals surface area contributed by atoms with E-state index in [-0.39, 0.29) is 24.3 Å². The van der Waals surface area contributed by atoms with Gasteiger partial charge in [-0.25, -0.2) is 0 Å². The Hall–Kier alpha value is -2.46. The molecule has 1 aromatic heterocycles. The molecule has 1 fully saturated rings. The maximum Gasteiger partial charge on any atom is 0.262 e. The lowest BCUT2D eigenvalue weighted by atomic mass is 10.1. The van der Waals surface area contributed by atoms with Crippen LogP contribution in [0.4, 0.5) is 11.4 Å². The summed E-state index contributed by atoms with van der Waals surface area (Å²) in [6, 6.07) is 9.48. The number of anilines is 2. The Bertz CT molecular complexity index is 902. The normalized spacial score (nSPS) is 15.0. The fourth-order valence-corrected chi connectivity index (χ4v) is 3.95. The molecular weight excluding hydrogens is 428 g/mol. The van der Waals surface area contributed by atoms with Gasteiger partial charge < -0.3 is 26.0 Å². The lowest BCUT2D eigenvalue weighted by Gasteiger charge is -2.27. The van der Waals surface area contributed by atoms with E-state index in [4.69, 9.17) is 22.1 Å². The number of carbonyl (C=O) groups excluding carboxylic acids is 3. The van der Waals surface area contributed by atoms with E-state index in [0.717, 1.165) is 17.0 Å². The number of carbonyl (C=O) groups is 3. The van der Waals surface area contributed by atoms with Crippen LogP contribution in [0.5, 0.6) is 0 Å². The first kappa shape index (κ1) is 22.2. The van der Waals surface area contributed by atoms with E-state index >= 15 is 0 Å². The van der Waals surface area contributed by atoms with Gasteiger partial charge in [-0.2, -0.15) is 0 Å². The number of nitrogens with two attached hydrogens (primary N) is 1. The molecule has 10 heteroatoms. The zero-order valence-corrected chi connectivity index (χ0v) is 17.8. The summed E-state index contributed by atoms with van der Waals surface area (Å²) in [5, 5.41) is 5.56. The Morgan fingerprint density at radius 3 is 2.63 bits per heavy atom. The van der Waals surface area contributed by atoms with E-state index < -0.39 is 6.04 Å². The molecule has 3 rings (SSSR count). The smallest absolute Gasteiger partial charge is 0.262 e. The number of amides is 3. The Morgan fingerprint density at radius 2 is 2.00 bits per heavy atom. The molecule has 2 heterocycles. The lowest BCUT2D eigenvalue weighted by molar-refractivity contribution is -0.125. The molecule has 160 valence electrons. The van der Waals surface area contributed by atoms with Gasteiger partial charge in [0.05, 0.1) is 15.8 Å². The summed E-state index contributed by atoms with van der Waals surface area (Å²) in [5.41, 5.74) is 6.88. The van der Waals surface area contributed by atoms with Gasteiger partial charge in [0, 0.05) is 17.9 Å². The highest BCUT2D eigenvalue weighted by atomic mass is 35.5. The van der Waals surface area contributed by atoms with Gasteiger partial charge in [0.1, 0.15) is 12.6 Å². The van der Waals surface area contributed by atoms with E-state index in [9.17, 15) is 14.4 Å². The lowest BCUT2D eigenvalue weighted by Crippen LogP contribution is -2.44. The summed E-state index contributed by atoms with van der Waals surface area (Å²) in [6.07, 6.45) is 0.995. The Morgan fingerprint density at radius 1 is 1.23 bits per heavy atom. The minimum atomic E-state index is -0.734. The molecule has 0 unspecified atom stereocenters. The zero-order valence-electron chi connectivity index (χ0n) is 16.2. The van der Waals surface area contributed by atoms with Crippen molar-refractivity contribution in [1.29, 1.82) is 0 Å². The number of morpholine rings is 1. The van der Waals surface area contributed by atoms with E-state index in [2.05, 4.69) is 10.6 Å². The monoisotopic (exact) mass is 450 g/mol. The molecule has 1 aliphatic heterocycles. The van der Waals surface area contributed by atoms with E-state index in [1.54, 1.807) is 41.3 Å². The molecular formula is C20H23ClN4O4S. The van der Waals surface area contributed by atoms with Crippen molar-refractivity contribution < 1.29 is 19.1 Å². The van der Waals surface area contributed by atoms with Crippen LogP contribution in [0.3, 0.4) is 0 Å². The molecule has 8 nitrogen and oxygen atoms in total. The minimum absolute atomic E-state index is 0.0659. The third kappa shape index (κ3) is 5.79. The predicted octanol–water partition coefficient (Wildman–Crippen LogP) is 2.24. The highest BCUT2D eigenvalue weighted by Crippen LogP contribution is 2.22. The molecule has 1 saturated heterocycles. The number of nitrogens with one attached hydrogen (secondary N) is 2. The highest BCUT2D eigenvalue weighted by molar-refractivity contribution is 7.18. The van der Waals surface area contributed by atoms with Crippen LogP contribution in [0.25, 0.3) is 0 Å². The third-order valence-corrected chi connectivity index (χ3v) is 5.78. The second kappa shape index (κ2) is 10.5. The summed E-state index contributed by atoms with van der Waals surface area (Å²) >= 11 is 7.03. The van der Waals surface area contributed by atoms with Crippen molar-refractivity contribution in [3.05, 3.63) is 45.6 Å². The van der Waals surface area contributed by atoms with Crippen LogP contribution < -0.4 is 21.3 Å². The molecule has 1 atom stereocenters. The van der Waals surface area contributed by atoms with Gasteiger partial charge in [0.15, 0.2) is 0 Å². The summed E-state index contributed by atoms with van der Waals surface area (Å²) in [6.45, 7) is 1.45. The fourth-order valence-electron chi connectivity index (χ4n) is 3.00. The van der Waals surface area contributed by atoms with Crippen molar-refractivity contribution >= 4 is 52.0 Å². The van der Waals surface area contributed by atoms with Crippen molar-refractivity contribution in [2.24, 2.45) is 5.73 Å². The number of thiophene rings is 1. The van der Waals surface area contributed by atoms with Crippen molar-refractivity contribution in [2.45, 2.75) is 18.9 Å². The molecule has 0 bridgehead atoms. The van der Waals surface area contributed by atoms with E-state index in [0.29, 0.717) is 47.4 Å². The van der Waals surface area contributed by atoms with Crippen LogP contribution in [-0.4, -0.2) is 50.1 Å². The second-order valence-corrected chi connectivity index (χ2v) is 8.41. The summed E-state index contributed by atoms with van der Waals surface area (Å²) in [7, 11) is 0. The van der Waals surface area contributed by atoms with Crippen LogP contribution in [0.2, 0.25) is 4.34 Å². The number of benzene rings is 1. The topological polar surface area (TPSA) is 114 Å². The molecule has 0 radical (unpaired) electrons. The molecule has 0 aliphatic carbocycles. The maximum absolute atomic E-state index is 12.8. The average Bonchev–Trinajstić information content (AvgIpc) is 3.18. The Labute approximate surface area is 183 Å². The predicted molar refractivity (Wildman–Crippen MR) is 117 cm³/mol. The Balaban J connectivity index is 1.64. The number of halogens is 1. The Kier molecular flexibility index (Phi) is 7.81. The van der Waals surface area contributed by atoms with Crippen molar-refractivity contribution in [1.82, 2.24) is 5.32 Å². The molecule has 1 aromatic carbocycles. The molecule has 30 heavy (non-hydrogen) atoms. The van der Waals surface area contributed by atoms with Crippen LogP contribution in [0.1, 0.15) is 22.5 Å². The number of hydrogen-bond donors (Lipinski definition) is 3. The molecule has 4 N–H and O–H groups in total. The van der Waals surface area contributed by atoms with Gasteiger partial charge in [-0.15, -0.1) is 11.3 Å². The number of ether oxygens (including phenoxy) is 1. The number of rotatable bonds is 8. The van der Waals surface area contributed by atoms with Gasteiger partial charge >= 0.3 is 0 Å². The van der Waals surface area contributed by atoms with E-state index in [1.807, 2.05) is 0 Å². The van der Waals surface area contributed by atoms with Gasteiger partial charge in [0.25, 0.3) is 11.8 Å². The van der Waals surface area contributed by atoms with Gasteiger partial charge in [0.2, 0.25) is 5.91 Å². The largest absolute Gasteiger partial charge is 0.370 e. The van der Waals surface area contributed by atoms with Crippen molar-refractivity contribution in [2.75, 3.05) is 36.5 Å². The zero-order chi connectivity index (χ0) is 21.5. The summed E-state index contributed by atoms with van der Waals surface area (Å²) in [5.74, 6) is -0.795. The molecule has 1 aliphatic rings. The standard InChI is InChI=1S/C20H23ClN4O4S/c21-17-8-7-16(30-17)20(28)24-15(2-1-9-22)19(27)23-13-3-5-14(6-4-13)25-10-11-29-12-18(25)26/h3-8,15H,1-2,9-12,22H2,(H,23,27)(H,24,28)/t15-/m1/s1. The van der Waals surface area contributed by atoms with Crippen LogP contribution in [0, 0.1) is 0 Å². The van der Waals surface area contributed by atoms with Crippen LogP contribution >= 0.6 is 22.9 Å². The molecule has 0 spiro atoms. The third-order valence-electron chi connectivity index (χ3n) is 4.55. The van der Waals surface area contributed by atoms with Crippen LogP contribution in [-0.2, 0) is 14.3 Å².